The summed E-state index contributed by atoms with van der Waals surface area (Å²) in [5, 5.41) is 30.7. The summed E-state index contributed by atoms with van der Waals surface area (Å²) >= 11 is 0. The topological polar surface area (TPSA) is 72.7 Å². The molecule has 0 unspecified atom stereocenters. The Morgan fingerprint density at radius 3 is 1.91 bits per heavy atom. The highest BCUT2D eigenvalue weighted by Gasteiger charge is 2.30. The van der Waals surface area contributed by atoms with Crippen LogP contribution >= 0.6 is 0 Å². The van der Waals surface area contributed by atoms with Crippen LogP contribution in [0.15, 0.2) is 60.7 Å². The molecule has 4 N–H and O–H groups in total. The highest BCUT2D eigenvalue weighted by atomic mass is 16.5. The molecule has 4 heteroatoms. The van der Waals surface area contributed by atoms with Gasteiger partial charge in [0.1, 0.15) is 0 Å². The molecule has 4 nitrogen and oxygen atoms in total. The molecule has 1 heterocycles. The molecule has 23 heavy (non-hydrogen) atoms. The highest BCUT2D eigenvalue weighted by molar-refractivity contribution is 5.22. The molecule has 0 bridgehead atoms. The first-order chi connectivity index (χ1) is 11.1. The predicted octanol–water partition coefficient (Wildman–Crippen LogP) is 1.80. The lowest BCUT2D eigenvalue weighted by molar-refractivity contribution is -0.0381. The Hall–Kier alpha value is -1.72. The zero-order valence-electron chi connectivity index (χ0n) is 13.2. The molecular weight excluding hydrogens is 290 g/mol. The second-order valence-corrected chi connectivity index (χ2v) is 5.82. The van der Waals surface area contributed by atoms with E-state index in [0.29, 0.717) is 6.42 Å². The monoisotopic (exact) mass is 315 g/mol. The van der Waals surface area contributed by atoms with Crippen LogP contribution < -0.4 is 5.32 Å². The van der Waals surface area contributed by atoms with Crippen LogP contribution in [-0.2, 0) is 12.0 Å². The zero-order valence-corrected chi connectivity index (χ0v) is 13.2. The van der Waals surface area contributed by atoms with Gasteiger partial charge in [0, 0.05) is 6.42 Å². The minimum atomic E-state index is -1.23. The van der Waals surface area contributed by atoms with Gasteiger partial charge in [0.2, 0.25) is 0 Å². The van der Waals surface area contributed by atoms with Gasteiger partial charge in [-0.3, -0.25) is 0 Å². The van der Waals surface area contributed by atoms with Crippen molar-refractivity contribution in [2.75, 3.05) is 13.1 Å². The minimum absolute atomic E-state index is 0.306. The van der Waals surface area contributed by atoms with Crippen molar-refractivity contribution >= 4 is 0 Å². The van der Waals surface area contributed by atoms with E-state index in [1.807, 2.05) is 60.7 Å². The van der Waals surface area contributed by atoms with E-state index in [1.165, 1.54) is 0 Å². The van der Waals surface area contributed by atoms with Crippen molar-refractivity contribution in [1.82, 2.24) is 5.32 Å². The number of hydrogen-bond acceptors (Lipinski definition) is 4. The largest absolute Gasteiger partial charge is 0.385 e. The summed E-state index contributed by atoms with van der Waals surface area (Å²) < 4.78 is 0. The molecule has 0 aliphatic carbocycles. The fourth-order valence-electron chi connectivity index (χ4n) is 2.70. The van der Waals surface area contributed by atoms with Crippen LogP contribution in [0.1, 0.15) is 24.0 Å². The van der Waals surface area contributed by atoms with Crippen LogP contribution in [0, 0.1) is 0 Å². The standard InChI is InChI=1S/C11H15NO.C8H10O2/c13-11(6-8-12-9-7-11)10-4-2-1-3-5-10;9-8(10)6-7-4-2-1-3-5-7/h1-5,12-13H,6-9H2;1-5,8-10H,6H2. The quantitative estimate of drug-likeness (QED) is 0.652. The number of nitrogens with one attached hydrogen (secondary N) is 1. The van der Waals surface area contributed by atoms with E-state index in [-0.39, 0.29) is 0 Å². The minimum Gasteiger partial charge on any atom is -0.385 e. The lowest BCUT2D eigenvalue weighted by Gasteiger charge is -2.32. The predicted molar refractivity (Wildman–Crippen MR) is 90.8 cm³/mol. The molecule has 0 aromatic heterocycles. The molecule has 0 atom stereocenters. The van der Waals surface area contributed by atoms with Crippen molar-refractivity contribution < 1.29 is 15.3 Å². The number of aliphatic hydroxyl groups excluding tert-OH is 1. The van der Waals surface area contributed by atoms with Gasteiger partial charge >= 0.3 is 0 Å². The molecule has 2 aromatic carbocycles. The highest BCUT2D eigenvalue weighted by Crippen LogP contribution is 2.29. The van der Waals surface area contributed by atoms with Crippen molar-refractivity contribution in [2.45, 2.75) is 31.2 Å². The molecule has 1 aliphatic rings. The second kappa shape index (κ2) is 8.79. The van der Waals surface area contributed by atoms with Crippen LogP contribution in [0.4, 0.5) is 0 Å². The van der Waals surface area contributed by atoms with E-state index in [9.17, 15) is 5.11 Å². The Balaban J connectivity index is 0.000000174. The van der Waals surface area contributed by atoms with Gasteiger partial charge in [-0.1, -0.05) is 60.7 Å². The smallest absolute Gasteiger partial charge is 0.155 e. The van der Waals surface area contributed by atoms with Gasteiger partial charge in [0.05, 0.1) is 5.60 Å². The van der Waals surface area contributed by atoms with E-state index in [2.05, 4.69) is 5.32 Å². The van der Waals surface area contributed by atoms with Crippen molar-refractivity contribution in [3.63, 3.8) is 0 Å². The third kappa shape index (κ3) is 5.77. The summed E-state index contributed by atoms with van der Waals surface area (Å²) in [4.78, 5) is 0. The average Bonchev–Trinajstić information content (AvgIpc) is 2.57. The molecule has 1 saturated heterocycles. The molecular formula is C19H25NO3. The molecule has 0 saturated carbocycles. The molecule has 0 radical (unpaired) electrons. The van der Waals surface area contributed by atoms with Gasteiger partial charge in [-0.25, -0.2) is 0 Å². The first kappa shape index (κ1) is 17.6. The summed E-state index contributed by atoms with van der Waals surface area (Å²) in [6.45, 7) is 1.82. The third-order valence-electron chi connectivity index (χ3n) is 4.00. The Kier molecular flexibility index (Phi) is 6.74. The van der Waals surface area contributed by atoms with E-state index in [0.717, 1.165) is 37.1 Å². The Morgan fingerprint density at radius 2 is 1.39 bits per heavy atom. The first-order valence-corrected chi connectivity index (χ1v) is 7.99. The van der Waals surface area contributed by atoms with Gasteiger partial charge in [-0.2, -0.15) is 0 Å². The molecule has 1 aliphatic heterocycles. The lowest BCUT2D eigenvalue weighted by atomic mass is 9.85. The molecule has 0 amide bonds. The fourth-order valence-corrected chi connectivity index (χ4v) is 2.70. The maximum absolute atomic E-state index is 10.3. The summed E-state index contributed by atoms with van der Waals surface area (Å²) in [7, 11) is 0. The van der Waals surface area contributed by atoms with Gasteiger partial charge in [0.25, 0.3) is 0 Å². The van der Waals surface area contributed by atoms with Crippen LogP contribution in [-0.4, -0.2) is 34.7 Å². The van der Waals surface area contributed by atoms with E-state index in [1.54, 1.807) is 0 Å². The maximum Gasteiger partial charge on any atom is 0.155 e. The SMILES string of the molecule is OC(O)Cc1ccccc1.OC1(c2ccccc2)CCNCC1. The van der Waals surface area contributed by atoms with E-state index in [4.69, 9.17) is 10.2 Å². The average molecular weight is 315 g/mol. The van der Waals surface area contributed by atoms with Crippen LogP contribution in [0.3, 0.4) is 0 Å². The Morgan fingerprint density at radius 1 is 0.870 bits per heavy atom. The molecule has 124 valence electrons. The lowest BCUT2D eigenvalue weighted by Crippen LogP contribution is -2.39. The normalized spacial score (nSPS) is 16.5. The van der Waals surface area contributed by atoms with E-state index < -0.39 is 11.9 Å². The number of benzene rings is 2. The molecule has 2 aromatic rings. The van der Waals surface area contributed by atoms with Crippen molar-refractivity contribution in [2.24, 2.45) is 0 Å². The summed E-state index contributed by atoms with van der Waals surface area (Å²) in [6.07, 6.45) is 0.705. The van der Waals surface area contributed by atoms with E-state index >= 15 is 0 Å². The zero-order chi connectivity index (χ0) is 16.5. The number of rotatable bonds is 3. The van der Waals surface area contributed by atoms with Crippen LogP contribution in [0.25, 0.3) is 0 Å². The number of hydrogen-bond donors (Lipinski definition) is 4. The summed E-state index contributed by atoms with van der Waals surface area (Å²) in [5.74, 6) is 0. The van der Waals surface area contributed by atoms with Crippen molar-refractivity contribution in [3.05, 3.63) is 71.8 Å². The molecule has 0 spiro atoms. The molecule has 3 rings (SSSR count). The van der Waals surface area contributed by atoms with Crippen LogP contribution in [0.5, 0.6) is 0 Å². The second-order valence-electron chi connectivity index (χ2n) is 5.82. The summed E-state index contributed by atoms with van der Waals surface area (Å²) in [5.41, 5.74) is 1.40. The van der Waals surface area contributed by atoms with Gasteiger partial charge in [-0.05, 0) is 37.1 Å². The molecule has 1 fully saturated rings. The first-order valence-electron chi connectivity index (χ1n) is 7.99. The Labute approximate surface area is 137 Å². The number of piperidine rings is 1. The van der Waals surface area contributed by atoms with Gasteiger partial charge in [0.15, 0.2) is 6.29 Å². The van der Waals surface area contributed by atoms with Crippen molar-refractivity contribution in [1.29, 1.82) is 0 Å². The van der Waals surface area contributed by atoms with Crippen molar-refractivity contribution in [3.8, 4) is 0 Å². The third-order valence-corrected chi connectivity index (χ3v) is 4.00. The Bertz CT molecular complexity index is 551. The van der Waals surface area contributed by atoms with Crippen LogP contribution in [0.2, 0.25) is 0 Å². The van der Waals surface area contributed by atoms with Gasteiger partial charge < -0.3 is 20.6 Å². The van der Waals surface area contributed by atoms with Gasteiger partial charge in [-0.15, -0.1) is 0 Å². The fraction of sp³-hybridized carbons (Fsp3) is 0.368. The summed E-state index contributed by atoms with van der Waals surface area (Å²) in [6, 6.07) is 19.3. The number of aliphatic hydroxyl groups is 3. The maximum atomic E-state index is 10.3.